The van der Waals surface area contributed by atoms with Gasteiger partial charge in [0.15, 0.2) is 0 Å². The summed E-state index contributed by atoms with van der Waals surface area (Å²) in [5.41, 5.74) is 4.48. The van der Waals surface area contributed by atoms with Gasteiger partial charge in [-0.25, -0.2) is 5.90 Å². The molecule has 1 unspecified atom stereocenters. The van der Waals surface area contributed by atoms with Crippen LogP contribution in [0.2, 0.25) is 0 Å². The van der Waals surface area contributed by atoms with Crippen molar-refractivity contribution >= 4 is 5.91 Å². The number of hydrogen-bond donors (Lipinski definition) is 4. The average Bonchev–Trinajstić information content (AvgIpc) is 2.72. The van der Waals surface area contributed by atoms with E-state index in [2.05, 4.69) is 43.6 Å². The first kappa shape index (κ1) is 34.8. The van der Waals surface area contributed by atoms with Crippen LogP contribution < -0.4 is 16.9 Å². The molecule has 0 bridgehead atoms. The summed E-state index contributed by atoms with van der Waals surface area (Å²) in [6.45, 7) is 18.1. The van der Waals surface area contributed by atoms with Crippen molar-refractivity contribution in [2.24, 2.45) is 28.4 Å². The van der Waals surface area contributed by atoms with E-state index in [0.717, 1.165) is 12.8 Å². The molecule has 0 spiro atoms. The molecule has 0 aliphatic heterocycles. The Morgan fingerprint density at radius 1 is 1.07 bits per heavy atom. The average molecular weight is 410 g/mol. The van der Waals surface area contributed by atoms with Crippen LogP contribution in [0.3, 0.4) is 0 Å². The van der Waals surface area contributed by atoms with E-state index in [0.29, 0.717) is 13.2 Å². The maximum atomic E-state index is 11.6. The number of nitrogens with one attached hydrogen (secondary N) is 1. The van der Waals surface area contributed by atoms with Gasteiger partial charge in [-0.3, -0.25) is 4.79 Å². The van der Waals surface area contributed by atoms with Crippen LogP contribution in [0.5, 0.6) is 0 Å². The number of aliphatic hydroxyl groups is 1. The monoisotopic (exact) mass is 409 g/mol. The highest BCUT2D eigenvalue weighted by Gasteiger charge is 2.31. The molecule has 7 nitrogen and oxygen atoms in total. The minimum Gasteiger partial charge on any atom is -0.396 e. The Labute approximate surface area is 174 Å². The van der Waals surface area contributed by atoms with Gasteiger partial charge >= 0.3 is 0 Å². The number of methoxy groups -OCH3 is 1. The maximum absolute atomic E-state index is 11.6. The van der Waals surface area contributed by atoms with E-state index in [-0.39, 0.29) is 42.3 Å². The summed E-state index contributed by atoms with van der Waals surface area (Å²) < 4.78 is 5.19. The summed E-state index contributed by atoms with van der Waals surface area (Å²) in [5, 5.41) is 12.4. The van der Waals surface area contributed by atoms with Crippen molar-refractivity contribution in [2.45, 2.75) is 74.7 Å². The number of hydrogen-bond acceptors (Lipinski definition) is 6. The highest BCUT2D eigenvalue weighted by Crippen LogP contribution is 2.36. The van der Waals surface area contributed by atoms with E-state index in [4.69, 9.17) is 10.6 Å². The van der Waals surface area contributed by atoms with Crippen LogP contribution in [-0.4, -0.2) is 51.5 Å². The predicted octanol–water partition coefficient (Wildman–Crippen LogP) is 3.10. The van der Waals surface area contributed by atoms with Gasteiger partial charge in [-0.1, -0.05) is 55.4 Å². The zero-order valence-electron chi connectivity index (χ0n) is 20.4. The summed E-state index contributed by atoms with van der Waals surface area (Å²) in [6, 6.07) is 0. The summed E-state index contributed by atoms with van der Waals surface area (Å²) in [6.07, 6.45) is 2.18. The third kappa shape index (κ3) is 20.0. The lowest BCUT2D eigenvalue weighted by Crippen LogP contribution is -2.37. The quantitative estimate of drug-likeness (QED) is 0.368. The highest BCUT2D eigenvalue weighted by atomic mass is 16.6. The minimum atomic E-state index is -0.0506. The predicted molar refractivity (Wildman–Crippen MR) is 120 cm³/mol. The lowest BCUT2D eigenvalue weighted by molar-refractivity contribution is -0.122. The van der Waals surface area contributed by atoms with Crippen LogP contribution in [0, 0.1) is 16.7 Å². The number of aliphatic hydroxyl groups excluding tert-OH is 1. The van der Waals surface area contributed by atoms with Gasteiger partial charge in [-0.05, 0) is 30.7 Å². The van der Waals surface area contributed by atoms with E-state index >= 15 is 0 Å². The molecule has 1 atom stereocenters. The molecule has 0 aromatic carbocycles. The lowest BCUT2D eigenvalue weighted by Gasteiger charge is -2.36. The highest BCUT2D eigenvalue weighted by molar-refractivity contribution is 5.75. The van der Waals surface area contributed by atoms with Crippen LogP contribution >= 0.6 is 0 Å². The number of amides is 1. The van der Waals surface area contributed by atoms with E-state index in [1.54, 1.807) is 7.11 Å². The molecular weight excluding hydrogens is 358 g/mol. The molecule has 0 aliphatic rings. The van der Waals surface area contributed by atoms with Crippen molar-refractivity contribution in [3.8, 4) is 0 Å². The van der Waals surface area contributed by atoms with Crippen molar-refractivity contribution in [3.05, 3.63) is 0 Å². The fraction of sp³-hybridized carbons (Fsp3) is 0.952. The first-order valence-corrected chi connectivity index (χ1v) is 10.4. The first-order valence-electron chi connectivity index (χ1n) is 10.4. The van der Waals surface area contributed by atoms with Gasteiger partial charge in [0.25, 0.3) is 0 Å². The van der Waals surface area contributed by atoms with Crippen molar-refractivity contribution in [3.63, 3.8) is 0 Å². The normalized spacial score (nSPS) is 11.6. The fourth-order valence-corrected chi connectivity index (χ4v) is 2.26. The van der Waals surface area contributed by atoms with E-state index < -0.39 is 0 Å². The molecule has 0 saturated carbocycles. The molecule has 0 heterocycles. The molecule has 0 saturated heterocycles. The fourth-order valence-electron chi connectivity index (χ4n) is 2.26. The van der Waals surface area contributed by atoms with Gasteiger partial charge in [0, 0.05) is 26.2 Å². The van der Waals surface area contributed by atoms with Gasteiger partial charge in [0.05, 0.1) is 19.6 Å². The minimum absolute atomic E-state index is 0.0103. The molecule has 0 aliphatic carbocycles. The van der Waals surface area contributed by atoms with Crippen molar-refractivity contribution in [1.82, 2.24) is 5.32 Å². The van der Waals surface area contributed by atoms with Gasteiger partial charge in [-0.2, -0.15) is 0 Å². The second-order valence-electron chi connectivity index (χ2n) is 7.39. The Morgan fingerprint density at radius 3 is 1.96 bits per heavy atom. The number of rotatable bonds is 12. The van der Waals surface area contributed by atoms with Crippen molar-refractivity contribution in [2.75, 3.05) is 40.5 Å². The maximum Gasteiger partial charge on any atom is 0.222 e. The molecule has 0 radical (unpaired) electrons. The summed E-state index contributed by atoms with van der Waals surface area (Å²) in [7, 11) is 3.16. The number of ether oxygens (including phenoxy) is 1. The second-order valence-corrected chi connectivity index (χ2v) is 7.39. The number of carbonyl (C=O) groups excluding carboxylic acids is 1. The Kier molecular flexibility index (Phi) is 28.0. The molecule has 6 N–H and O–H groups in total. The number of carbonyl (C=O) groups is 1. The Hall–Kier alpha value is -0.730. The summed E-state index contributed by atoms with van der Waals surface area (Å²) >= 11 is 0. The molecular formula is C21H51N3O4. The standard InChI is InChI=1S/C16H34N2O4.2C2H6.CH5N/c1-15(2,12-18-14(20)6-9-22-17)7-8-16(3,4)13(10-19)11-21-5;3*1-2/h13,19H,6-12,17H2,1-5H3,(H,18,20);2*1-2H3;2H2,1H3. The largest absolute Gasteiger partial charge is 0.396 e. The van der Waals surface area contributed by atoms with E-state index in [1.807, 2.05) is 27.7 Å². The molecule has 0 aromatic heterocycles. The van der Waals surface area contributed by atoms with Crippen molar-refractivity contribution in [1.29, 1.82) is 0 Å². The van der Waals surface area contributed by atoms with Crippen LogP contribution in [0.4, 0.5) is 0 Å². The molecule has 0 rings (SSSR count). The van der Waals surface area contributed by atoms with Gasteiger partial charge in [-0.15, -0.1) is 0 Å². The zero-order chi connectivity index (χ0) is 23.2. The second kappa shape index (κ2) is 22.6. The lowest BCUT2D eigenvalue weighted by atomic mass is 9.72. The van der Waals surface area contributed by atoms with Crippen LogP contribution in [0.15, 0.2) is 0 Å². The van der Waals surface area contributed by atoms with E-state index in [9.17, 15) is 9.90 Å². The third-order valence-corrected chi connectivity index (χ3v) is 4.35. The smallest absolute Gasteiger partial charge is 0.222 e. The van der Waals surface area contributed by atoms with Gasteiger partial charge < -0.3 is 25.7 Å². The Bertz CT molecular complexity index is 325. The Balaban J connectivity index is -0.000000434. The third-order valence-electron chi connectivity index (χ3n) is 4.35. The SMILES string of the molecule is CC.CC.CN.COCC(CO)C(C)(C)CCC(C)(C)CNC(=O)CCON. The van der Waals surface area contributed by atoms with Gasteiger partial charge in [0.1, 0.15) is 0 Å². The molecule has 0 fully saturated rings. The summed E-state index contributed by atoms with van der Waals surface area (Å²) in [5.74, 6) is 4.97. The van der Waals surface area contributed by atoms with Crippen LogP contribution in [-0.2, 0) is 14.4 Å². The zero-order valence-corrected chi connectivity index (χ0v) is 20.4. The first-order chi connectivity index (χ1) is 13.2. The molecule has 28 heavy (non-hydrogen) atoms. The topological polar surface area (TPSA) is 120 Å². The van der Waals surface area contributed by atoms with Crippen LogP contribution in [0.25, 0.3) is 0 Å². The molecule has 7 heteroatoms. The van der Waals surface area contributed by atoms with Gasteiger partial charge in [0.2, 0.25) is 5.91 Å². The van der Waals surface area contributed by atoms with Crippen molar-refractivity contribution < 1.29 is 19.5 Å². The van der Waals surface area contributed by atoms with E-state index in [1.165, 1.54) is 7.05 Å². The summed E-state index contributed by atoms with van der Waals surface area (Å²) in [4.78, 5) is 16.0. The number of nitrogens with two attached hydrogens (primary N) is 2. The molecule has 1 amide bonds. The molecule has 0 aromatic rings. The molecule has 174 valence electrons. The van der Waals surface area contributed by atoms with Crippen LogP contribution in [0.1, 0.15) is 74.7 Å². The Morgan fingerprint density at radius 2 is 1.57 bits per heavy atom.